The van der Waals surface area contributed by atoms with Crippen molar-refractivity contribution in [2.45, 2.75) is 30.9 Å². The van der Waals surface area contributed by atoms with Crippen molar-refractivity contribution < 1.29 is 5.11 Å². The summed E-state index contributed by atoms with van der Waals surface area (Å²) in [5.41, 5.74) is 2.64. The monoisotopic (exact) mass is 196 g/mol. The zero-order valence-electron chi connectivity index (χ0n) is 8.37. The molecule has 2 heteroatoms. The molecule has 0 saturated carbocycles. The van der Waals surface area contributed by atoms with Gasteiger partial charge in [0, 0.05) is 10.1 Å². The fourth-order valence-electron chi connectivity index (χ4n) is 1.06. The molecule has 1 nitrogen and oxygen atoms in total. The number of aryl methyl sites for hydroxylation is 2. The zero-order chi connectivity index (χ0) is 9.84. The van der Waals surface area contributed by atoms with Gasteiger partial charge in [-0.2, -0.15) is 0 Å². The average molecular weight is 196 g/mol. The molecule has 0 aliphatic heterocycles. The van der Waals surface area contributed by atoms with Crippen molar-refractivity contribution in [2.75, 3.05) is 6.61 Å². The molecule has 0 bridgehead atoms. The van der Waals surface area contributed by atoms with Crippen LogP contribution < -0.4 is 0 Å². The Morgan fingerprint density at radius 2 is 2.00 bits per heavy atom. The summed E-state index contributed by atoms with van der Waals surface area (Å²) in [4.78, 5) is 1.24. The molecule has 13 heavy (non-hydrogen) atoms. The van der Waals surface area contributed by atoms with Crippen molar-refractivity contribution >= 4 is 11.8 Å². The normalized spacial score (nSPS) is 12.9. The van der Waals surface area contributed by atoms with E-state index in [9.17, 15) is 0 Å². The molecule has 0 amide bonds. The zero-order valence-corrected chi connectivity index (χ0v) is 9.19. The molecule has 0 aromatic heterocycles. The molecular weight excluding hydrogens is 180 g/mol. The van der Waals surface area contributed by atoms with Crippen molar-refractivity contribution in [3.05, 3.63) is 29.3 Å². The third-order valence-electron chi connectivity index (χ3n) is 2.07. The molecule has 1 unspecified atom stereocenters. The maximum absolute atomic E-state index is 8.90. The van der Waals surface area contributed by atoms with Gasteiger partial charge in [0.25, 0.3) is 0 Å². The van der Waals surface area contributed by atoms with Gasteiger partial charge in [-0.25, -0.2) is 0 Å². The maximum atomic E-state index is 8.90. The molecule has 0 saturated heterocycles. The number of rotatable bonds is 3. The summed E-state index contributed by atoms with van der Waals surface area (Å²) in [7, 11) is 0. The summed E-state index contributed by atoms with van der Waals surface area (Å²) >= 11 is 1.72. The van der Waals surface area contributed by atoms with Gasteiger partial charge in [-0.05, 0) is 37.1 Å². The van der Waals surface area contributed by atoms with E-state index in [0.29, 0.717) is 0 Å². The second-order valence-electron chi connectivity index (χ2n) is 3.36. The molecule has 0 spiro atoms. The Hall–Kier alpha value is -0.470. The Morgan fingerprint density at radius 1 is 1.31 bits per heavy atom. The van der Waals surface area contributed by atoms with Crippen LogP contribution in [0.2, 0.25) is 0 Å². The van der Waals surface area contributed by atoms with Crippen molar-refractivity contribution in [1.82, 2.24) is 0 Å². The Balaban J connectivity index is 2.73. The van der Waals surface area contributed by atoms with Crippen LogP contribution in [0.4, 0.5) is 0 Å². The predicted octanol–water partition coefficient (Wildman–Crippen LogP) is 2.78. The van der Waals surface area contributed by atoms with Crippen molar-refractivity contribution in [3.63, 3.8) is 0 Å². The number of hydrogen-bond donors (Lipinski definition) is 1. The Kier molecular flexibility index (Phi) is 3.82. The van der Waals surface area contributed by atoms with Crippen LogP contribution >= 0.6 is 11.8 Å². The third-order valence-corrected chi connectivity index (χ3v) is 3.15. The van der Waals surface area contributed by atoms with E-state index in [4.69, 9.17) is 5.11 Å². The molecule has 1 aromatic rings. The molecule has 1 N–H and O–H groups in total. The maximum Gasteiger partial charge on any atom is 0.0550 e. The molecule has 0 radical (unpaired) electrons. The lowest BCUT2D eigenvalue weighted by atomic mass is 10.1. The molecule has 0 aliphatic carbocycles. The van der Waals surface area contributed by atoms with E-state index in [0.717, 1.165) is 0 Å². The minimum absolute atomic E-state index is 0.234. The van der Waals surface area contributed by atoms with Crippen LogP contribution in [0.25, 0.3) is 0 Å². The average Bonchev–Trinajstić information content (AvgIpc) is 2.11. The minimum Gasteiger partial charge on any atom is -0.395 e. The number of thioether (sulfide) groups is 1. The highest BCUT2D eigenvalue weighted by atomic mass is 32.2. The van der Waals surface area contributed by atoms with Gasteiger partial charge in [0.1, 0.15) is 0 Å². The standard InChI is InChI=1S/C11H16OS/c1-8-4-5-11(6-9(8)2)13-10(3)7-12/h4-6,10,12H,7H2,1-3H3. The van der Waals surface area contributed by atoms with Crippen LogP contribution in [0.3, 0.4) is 0 Å². The van der Waals surface area contributed by atoms with E-state index in [1.54, 1.807) is 11.8 Å². The second-order valence-corrected chi connectivity index (χ2v) is 4.87. The van der Waals surface area contributed by atoms with Gasteiger partial charge < -0.3 is 5.11 Å². The molecule has 0 aliphatic rings. The number of aliphatic hydroxyl groups is 1. The molecule has 1 aromatic carbocycles. The van der Waals surface area contributed by atoms with Gasteiger partial charge in [-0.1, -0.05) is 13.0 Å². The van der Waals surface area contributed by atoms with Gasteiger partial charge in [0.15, 0.2) is 0 Å². The van der Waals surface area contributed by atoms with Gasteiger partial charge in [-0.15, -0.1) is 11.8 Å². The van der Waals surface area contributed by atoms with Gasteiger partial charge in [-0.3, -0.25) is 0 Å². The van der Waals surface area contributed by atoms with Crippen LogP contribution in [0.15, 0.2) is 23.1 Å². The SMILES string of the molecule is Cc1ccc(SC(C)CO)cc1C. The molecule has 1 atom stereocenters. The van der Waals surface area contributed by atoms with Crippen LogP contribution in [0.1, 0.15) is 18.1 Å². The van der Waals surface area contributed by atoms with Crippen LogP contribution in [-0.4, -0.2) is 17.0 Å². The lowest BCUT2D eigenvalue weighted by Crippen LogP contribution is -2.01. The highest BCUT2D eigenvalue weighted by molar-refractivity contribution is 8.00. The topological polar surface area (TPSA) is 20.2 Å². The van der Waals surface area contributed by atoms with E-state index in [1.165, 1.54) is 16.0 Å². The summed E-state index contributed by atoms with van der Waals surface area (Å²) in [6, 6.07) is 6.41. The fraction of sp³-hybridized carbons (Fsp3) is 0.455. The Labute approximate surface area is 84.2 Å². The van der Waals surface area contributed by atoms with Crippen molar-refractivity contribution in [3.8, 4) is 0 Å². The largest absolute Gasteiger partial charge is 0.395 e. The van der Waals surface area contributed by atoms with Gasteiger partial charge >= 0.3 is 0 Å². The number of hydrogen-bond acceptors (Lipinski definition) is 2. The molecule has 1 rings (SSSR count). The summed E-state index contributed by atoms with van der Waals surface area (Å²) in [6.45, 7) is 6.49. The van der Waals surface area contributed by atoms with E-state index < -0.39 is 0 Å². The number of aliphatic hydroxyl groups excluding tert-OH is 1. The van der Waals surface area contributed by atoms with Gasteiger partial charge in [0.2, 0.25) is 0 Å². The van der Waals surface area contributed by atoms with Crippen molar-refractivity contribution in [2.24, 2.45) is 0 Å². The third kappa shape index (κ3) is 3.05. The highest BCUT2D eigenvalue weighted by Crippen LogP contribution is 2.24. The van der Waals surface area contributed by atoms with Crippen LogP contribution in [0.5, 0.6) is 0 Å². The van der Waals surface area contributed by atoms with E-state index in [-0.39, 0.29) is 11.9 Å². The summed E-state index contributed by atoms with van der Waals surface area (Å²) in [6.07, 6.45) is 0. The predicted molar refractivity (Wildman–Crippen MR) is 58.3 cm³/mol. The van der Waals surface area contributed by atoms with Crippen LogP contribution in [-0.2, 0) is 0 Å². The van der Waals surface area contributed by atoms with Gasteiger partial charge in [0.05, 0.1) is 6.61 Å². The molecule has 0 fully saturated rings. The first-order valence-corrected chi connectivity index (χ1v) is 5.36. The lowest BCUT2D eigenvalue weighted by Gasteiger charge is -2.08. The van der Waals surface area contributed by atoms with E-state index in [2.05, 4.69) is 32.0 Å². The quantitative estimate of drug-likeness (QED) is 0.750. The summed E-state index contributed by atoms with van der Waals surface area (Å²) < 4.78 is 0. The summed E-state index contributed by atoms with van der Waals surface area (Å²) in [5, 5.41) is 9.18. The first kappa shape index (κ1) is 10.6. The first-order chi connectivity index (χ1) is 6.13. The van der Waals surface area contributed by atoms with E-state index >= 15 is 0 Å². The van der Waals surface area contributed by atoms with Crippen LogP contribution in [0, 0.1) is 13.8 Å². The van der Waals surface area contributed by atoms with Crippen molar-refractivity contribution in [1.29, 1.82) is 0 Å². The second kappa shape index (κ2) is 4.68. The Bertz CT molecular complexity index is 283. The fourth-order valence-corrected chi connectivity index (χ4v) is 1.99. The molecular formula is C11H16OS. The molecule has 72 valence electrons. The summed E-state index contributed by atoms with van der Waals surface area (Å²) in [5.74, 6) is 0. The van der Waals surface area contributed by atoms with E-state index in [1.807, 2.05) is 6.92 Å². The first-order valence-electron chi connectivity index (χ1n) is 4.48. The minimum atomic E-state index is 0.234. The highest BCUT2D eigenvalue weighted by Gasteiger charge is 2.03. The molecule has 0 heterocycles. The smallest absolute Gasteiger partial charge is 0.0550 e. The Morgan fingerprint density at radius 3 is 2.54 bits per heavy atom. The number of benzene rings is 1. The lowest BCUT2D eigenvalue weighted by molar-refractivity contribution is 0.300.